The van der Waals surface area contributed by atoms with Crippen LogP contribution in [0.3, 0.4) is 0 Å². The van der Waals surface area contributed by atoms with Gasteiger partial charge in [-0.05, 0) is 35.8 Å². The summed E-state index contributed by atoms with van der Waals surface area (Å²) in [5.41, 5.74) is 0. The second-order valence-electron chi connectivity index (χ2n) is 4.80. The number of halogens is 1. The van der Waals surface area contributed by atoms with Crippen LogP contribution in [0, 0.1) is 0 Å². The Bertz CT molecular complexity index is 595. The SMILES string of the molecule is CC1(C)C(=O)N(CCNCc2cc(Br)cs2)S1(=O)=O. The molecule has 0 spiro atoms. The van der Waals surface area contributed by atoms with Gasteiger partial charge in [0.15, 0.2) is 4.75 Å². The van der Waals surface area contributed by atoms with E-state index < -0.39 is 14.8 Å². The van der Waals surface area contributed by atoms with Gasteiger partial charge < -0.3 is 5.32 Å². The second kappa shape index (κ2) is 5.16. The maximum absolute atomic E-state index is 11.8. The van der Waals surface area contributed by atoms with Crippen LogP contribution in [0.5, 0.6) is 0 Å². The van der Waals surface area contributed by atoms with Crippen LogP contribution in [0.4, 0.5) is 0 Å². The molecule has 19 heavy (non-hydrogen) atoms. The fourth-order valence-electron chi connectivity index (χ4n) is 1.82. The molecule has 1 aliphatic heterocycles. The van der Waals surface area contributed by atoms with Crippen molar-refractivity contribution in [3.63, 3.8) is 0 Å². The van der Waals surface area contributed by atoms with Gasteiger partial charge >= 0.3 is 0 Å². The Morgan fingerprint density at radius 2 is 2.16 bits per heavy atom. The first kappa shape index (κ1) is 15.0. The molecule has 1 aromatic heterocycles. The Balaban J connectivity index is 1.80. The fourth-order valence-corrected chi connectivity index (χ4v) is 4.77. The highest BCUT2D eigenvalue weighted by molar-refractivity contribution is 9.10. The minimum Gasteiger partial charge on any atom is -0.310 e. The average Bonchev–Trinajstić information content (AvgIpc) is 2.73. The number of thiophene rings is 1. The number of amides is 1. The molecule has 0 aliphatic carbocycles. The van der Waals surface area contributed by atoms with E-state index in [1.54, 1.807) is 11.3 Å². The fraction of sp³-hybridized carbons (Fsp3) is 0.545. The zero-order valence-electron chi connectivity index (χ0n) is 10.6. The van der Waals surface area contributed by atoms with Gasteiger partial charge in [0.25, 0.3) is 15.9 Å². The van der Waals surface area contributed by atoms with Crippen molar-refractivity contribution in [2.75, 3.05) is 13.1 Å². The first-order chi connectivity index (χ1) is 8.76. The summed E-state index contributed by atoms with van der Waals surface area (Å²) in [5.74, 6) is -0.326. The van der Waals surface area contributed by atoms with E-state index in [9.17, 15) is 13.2 Å². The lowest BCUT2D eigenvalue weighted by atomic mass is 10.2. The Labute approximate surface area is 125 Å². The highest BCUT2D eigenvalue weighted by atomic mass is 79.9. The molecule has 1 aliphatic rings. The number of sulfonamides is 1. The van der Waals surface area contributed by atoms with E-state index in [0.29, 0.717) is 13.1 Å². The van der Waals surface area contributed by atoms with Crippen molar-refractivity contribution in [2.45, 2.75) is 25.1 Å². The lowest BCUT2D eigenvalue weighted by Crippen LogP contribution is -2.67. The molecule has 2 heterocycles. The number of nitrogens with one attached hydrogen (secondary N) is 1. The van der Waals surface area contributed by atoms with Gasteiger partial charge in [-0.15, -0.1) is 11.3 Å². The van der Waals surface area contributed by atoms with Gasteiger partial charge in [-0.3, -0.25) is 4.79 Å². The van der Waals surface area contributed by atoms with Gasteiger partial charge in [0.05, 0.1) is 0 Å². The van der Waals surface area contributed by atoms with Crippen molar-refractivity contribution in [2.24, 2.45) is 0 Å². The standard InChI is InChI=1S/C11H15BrN2O3S2/c1-11(2)10(15)14(19(11,16)17)4-3-13-6-9-5-8(12)7-18-9/h5,7,13H,3-4,6H2,1-2H3. The monoisotopic (exact) mass is 366 g/mol. The Hall–Kier alpha value is -0.440. The molecule has 8 heteroatoms. The average molecular weight is 367 g/mol. The maximum atomic E-state index is 11.8. The molecule has 0 radical (unpaired) electrons. The predicted octanol–water partition coefficient (Wildman–Crippen LogP) is 1.55. The zero-order chi connectivity index (χ0) is 14.3. The molecular weight excluding hydrogens is 352 g/mol. The van der Waals surface area contributed by atoms with Gasteiger partial charge in [-0.25, -0.2) is 12.7 Å². The number of carbonyl (C=O) groups is 1. The van der Waals surface area contributed by atoms with Crippen LogP contribution in [0.1, 0.15) is 18.7 Å². The Morgan fingerprint density at radius 1 is 1.47 bits per heavy atom. The summed E-state index contributed by atoms with van der Waals surface area (Å²) in [6.45, 7) is 4.20. The van der Waals surface area contributed by atoms with E-state index >= 15 is 0 Å². The molecule has 1 saturated heterocycles. The smallest absolute Gasteiger partial charge is 0.258 e. The molecular formula is C11H15BrN2O3S2. The van der Waals surface area contributed by atoms with Crippen LogP contribution in [-0.2, 0) is 21.4 Å². The van der Waals surface area contributed by atoms with Gasteiger partial charge in [0.1, 0.15) is 0 Å². The minimum atomic E-state index is -3.45. The summed E-state index contributed by atoms with van der Waals surface area (Å²) in [6, 6.07) is 2.01. The van der Waals surface area contributed by atoms with Gasteiger partial charge in [-0.2, -0.15) is 0 Å². The molecule has 106 valence electrons. The van der Waals surface area contributed by atoms with Crippen molar-refractivity contribution in [3.8, 4) is 0 Å². The summed E-state index contributed by atoms with van der Waals surface area (Å²) in [6.07, 6.45) is 0. The van der Waals surface area contributed by atoms with Crippen molar-refractivity contribution in [1.82, 2.24) is 9.62 Å². The van der Waals surface area contributed by atoms with Gasteiger partial charge in [0.2, 0.25) is 0 Å². The number of rotatable bonds is 5. The van der Waals surface area contributed by atoms with Crippen LogP contribution in [-0.4, -0.2) is 36.5 Å². The topological polar surface area (TPSA) is 66.5 Å². The van der Waals surface area contributed by atoms with Gasteiger partial charge in [-0.1, -0.05) is 0 Å². The van der Waals surface area contributed by atoms with E-state index in [1.165, 1.54) is 13.8 Å². The molecule has 0 atom stereocenters. The van der Waals surface area contributed by atoms with Crippen molar-refractivity contribution in [1.29, 1.82) is 0 Å². The van der Waals surface area contributed by atoms with E-state index in [-0.39, 0.29) is 12.5 Å². The largest absolute Gasteiger partial charge is 0.310 e. The first-order valence-electron chi connectivity index (χ1n) is 5.77. The Kier molecular flexibility index (Phi) is 4.06. The third-order valence-corrected chi connectivity index (χ3v) is 7.18. The first-order valence-corrected chi connectivity index (χ1v) is 8.88. The molecule has 1 aromatic rings. The van der Waals surface area contributed by atoms with Crippen LogP contribution in [0.25, 0.3) is 0 Å². The molecule has 0 unspecified atom stereocenters. The van der Waals surface area contributed by atoms with E-state index in [1.807, 2.05) is 11.4 Å². The molecule has 0 saturated carbocycles. The highest BCUT2D eigenvalue weighted by Crippen LogP contribution is 2.34. The van der Waals surface area contributed by atoms with Crippen LogP contribution < -0.4 is 5.32 Å². The van der Waals surface area contributed by atoms with E-state index in [0.717, 1.165) is 13.7 Å². The van der Waals surface area contributed by atoms with Crippen LogP contribution >= 0.6 is 27.3 Å². The summed E-state index contributed by atoms with van der Waals surface area (Å²) >= 11 is 4.99. The van der Waals surface area contributed by atoms with Gasteiger partial charge in [0, 0.05) is 34.4 Å². The molecule has 1 N–H and O–H groups in total. The number of nitrogens with zero attached hydrogens (tertiary/aromatic N) is 1. The lowest BCUT2D eigenvalue weighted by Gasteiger charge is -2.43. The molecule has 5 nitrogen and oxygen atoms in total. The molecule has 1 fully saturated rings. The summed E-state index contributed by atoms with van der Waals surface area (Å²) in [4.78, 5) is 12.8. The predicted molar refractivity (Wildman–Crippen MR) is 78.4 cm³/mol. The quantitative estimate of drug-likeness (QED) is 0.802. The minimum absolute atomic E-state index is 0.192. The number of hydrogen-bond acceptors (Lipinski definition) is 5. The van der Waals surface area contributed by atoms with Crippen LogP contribution in [0.2, 0.25) is 0 Å². The summed E-state index contributed by atoms with van der Waals surface area (Å²) < 4.78 is 24.4. The van der Waals surface area contributed by atoms with Crippen LogP contribution in [0.15, 0.2) is 15.9 Å². The molecule has 1 amide bonds. The number of hydrogen-bond donors (Lipinski definition) is 1. The third kappa shape index (κ3) is 2.58. The molecule has 0 bridgehead atoms. The number of carbonyl (C=O) groups excluding carboxylic acids is 1. The normalized spacial score (nSPS) is 20.4. The lowest BCUT2D eigenvalue weighted by molar-refractivity contribution is -0.132. The van der Waals surface area contributed by atoms with E-state index in [2.05, 4.69) is 21.2 Å². The molecule has 2 rings (SSSR count). The second-order valence-corrected chi connectivity index (χ2v) is 9.12. The third-order valence-electron chi connectivity index (χ3n) is 3.09. The Morgan fingerprint density at radius 3 is 2.68 bits per heavy atom. The van der Waals surface area contributed by atoms with Crippen molar-refractivity contribution >= 4 is 43.2 Å². The zero-order valence-corrected chi connectivity index (χ0v) is 13.9. The van der Waals surface area contributed by atoms with E-state index in [4.69, 9.17) is 0 Å². The van der Waals surface area contributed by atoms with Crippen molar-refractivity contribution in [3.05, 3.63) is 20.8 Å². The maximum Gasteiger partial charge on any atom is 0.258 e. The van der Waals surface area contributed by atoms with Crippen molar-refractivity contribution < 1.29 is 13.2 Å². The summed E-state index contributed by atoms with van der Waals surface area (Å²) in [5, 5.41) is 5.12. The summed E-state index contributed by atoms with van der Waals surface area (Å²) in [7, 11) is -3.45. The molecule has 0 aromatic carbocycles. The highest BCUT2D eigenvalue weighted by Gasteiger charge is 2.59.